The lowest BCUT2D eigenvalue weighted by atomic mass is 9.76. The van der Waals surface area contributed by atoms with E-state index in [0.29, 0.717) is 61.6 Å². The molecule has 0 bridgehead atoms. The van der Waals surface area contributed by atoms with Crippen LogP contribution in [-0.4, -0.2) is 119 Å². The Labute approximate surface area is 347 Å². The number of hydrogen-bond donors (Lipinski definition) is 1. The van der Waals surface area contributed by atoms with E-state index in [1.807, 2.05) is 47.4 Å². The smallest absolute Gasteiger partial charge is 0.262 e. The number of nitrogens with one attached hydrogen (secondary N) is 1. The van der Waals surface area contributed by atoms with Gasteiger partial charge in [0.2, 0.25) is 23.4 Å². The molecular weight excluding hydrogens is 772 g/mol. The number of piperazine rings is 1. The van der Waals surface area contributed by atoms with Crippen LogP contribution in [0.4, 0.5) is 17.1 Å². The maximum atomic E-state index is 13.5. The van der Waals surface area contributed by atoms with Crippen molar-refractivity contribution in [2.24, 2.45) is 5.41 Å². The summed E-state index contributed by atoms with van der Waals surface area (Å²) >= 11 is 6.38. The van der Waals surface area contributed by atoms with E-state index in [9.17, 15) is 28.8 Å². The van der Waals surface area contributed by atoms with Gasteiger partial charge < -0.3 is 19.6 Å². The summed E-state index contributed by atoms with van der Waals surface area (Å²) in [6, 6.07) is 16.4. The monoisotopic (exact) mass is 816 g/mol. The van der Waals surface area contributed by atoms with Gasteiger partial charge >= 0.3 is 0 Å². The predicted molar refractivity (Wildman–Crippen MR) is 219 cm³/mol. The summed E-state index contributed by atoms with van der Waals surface area (Å²) in [6.07, 6.45) is 3.43. The topological polar surface area (TPSA) is 138 Å². The zero-order valence-corrected chi connectivity index (χ0v) is 33.7. The number of imide groups is 2. The molecule has 6 aliphatic rings. The van der Waals surface area contributed by atoms with Gasteiger partial charge in [0.05, 0.1) is 24.2 Å². The average Bonchev–Trinajstić information content (AvgIpc) is 3.86. The van der Waals surface area contributed by atoms with Crippen molar-refractivity contribution in [3.8, 4) is 0 Å². The molecule has 1 N–H and O–H groups in total. The number of carbonyl (C=O) groups excluding carboxylic acids is 6. The minimum atomic E-state index is -1.02. The van der Waals surface area contributed by atoms with Crippen molar-refractivity contribution in [1.29, 1.82) is 0 Å². The minimum absolute atomic E-state index is 0.0410. The Hall–Kier alpha value is -5.78. The largest absolute Gasteiger partial charge is 0.371 e. The normalized spacial score (nSPS) is 22.8. The van der Waals surface area contributed by atoms with Crippen LogP contribution in [0.2, 0.25) is 5.02 Å². The van der Waals surface area contributed by atoms with E-state index in [0.717, 1.165) is 66.3 Å². The van der Waals surface area contributed by atoms with Crippen molar-refractivity contribution in [3.63, 3.8) is 0 Å². The number of hydrogen-bond acceptors (Lipinski definition) is 9. The summed E-state index contributed by atoms with van der Waals surface area (Å²) in [7, 11) is 0. The molecule has 0 saturated carbocycles. The third-order valence-electron chi connectivity index (χ3n) is 13.3. The number of piperidine rings is 2. The zero-order valence-electron chi connectivity index (χ0n) is 32.9. The number of nitrogens with zero attached hydrogens (tertiary/aromatic N) is 7. The Balaban J connectivity index is 0.739. The molecule has 59 heavy (non-hydrogen) atoms. The van der Waals surface area contributed by atoms with Gasteiger partial charge in [0.15, 0.2) is 0 Å². The molecule has 0 radical (unpaired) electrons. The Bertz CT molecular complexity index is 2280. The summed E-state index contributed by atoms with van der Waals surface area (Å²) in [5.41, 5.74) is 5.71. The lowest BCUT2D eigenvalue weighted by Gasteiger charge is -2.40. The highest BCUT2D eigenvalue weighted by Crippen LogP contribution is 2.46. The van der Waals surface area contributed by atoms with Crippen LogP contribution >= 0.6 is 11.6 Å². The Morgan fingerprint density at radius 3 is 2.08 bits per heavy atom. The third-order valence-corrected chi connectivity index (χ3v) is 13.6. The molecule has 6 heterocycles. The van der Waals surface area contributed by atoms with Crippen molar-refractivity contribution < 1.29 is 28.8 Å². The SMILES string of the molecule is [C-]#[N+]c1ccc(N2CC3(CCN(c4ccc(C(=O)N5CCN(C(=O)CN6Cc7cc8c(cc7C6)C(=O)N(C6CCC(=O)NC6=O)C8=O)CC5)cc4)CC3)C[C@@H]2C)cc1Cl. The standard InChI is InChI=1S/C44H45ClN8O6/c1-27-22-44(26-52(27)32-7-8-36(46-2)35(45)21-32)11-13-49(14-12-44)31-5-3-28(4-6-31)41(57)51-17-15-50(16-18-51)39(55)25-48-23-29-19-33-34(20-30(29)24-48)43(59)53(42(33)58)37-9-10-38(54)47-40(37)56/h3-8,19-21,27,37H,9-18,22-26H2,1H3,(H,47,54,56)/t27-,37?/m0/s1. The molecule has 2 atom stereocenters. The molecule has 4 saturated heterocycles. The van der Waals surface area contributed by atoms with Crippen LogP contribution in [-0.2, 0) is 27.5 Å². The van der Waals surface area contributed by atoms with Crippen molar-refractivity contribution in [1.82, 2.24) is 24.9 Å². The molecule has 1 spiro atoms. The van der Waals surface area contributed by atoms with Crippen LogP contribution in [0.5, 0.6) is 0 Å². The first-order valence-electron chi connectivity index (χ1n) is 20.4. The van der Waals surface area contributed by atoms with Crippen LogP contribution in [0.1, 0.15) is 81.2 Å². The lowest BCUT2D eigenvalue weighted by Crippen LogP contribution is -2.54. The van der Waals surface area contributed by atoms with E-state index in [2.05, 4.69) is 26.9 Å². The highest BCUT2D eigenvalue weighted by atomic mass is 35.5. The van der Waals surface area contributed by atoms with E-state index >= 15 is 0 Å². The molecule has 14 nitrogen and oxygen atoms in total. The number of carbonyl (C=O) groups is 6. The minimum Gasteiger partial charge on any atom is -0.371 e. The van der Waals surface area contributed by atoms with Gasteiger partial charge in [0.25, 0.3) is 17.7 Å². The Morgan fingerprint density at radius 1 is 0.847 bits per heavy atom. The summed E-state index contributed by atoms with van der Waals surface area (Å²) in [6.45, 7) is 15.2. The fourth-order valence-electron chi connectivity index (χ4n) is 10.0. The predicted octanol–water partition coefficient (Wildman–Crippen LogP) is 4.48. The van der Waals surface area contributed by atoms with Crippen LogP contribution in [0.25, 0.3) is 4.85 Å². The second-order valence-electron chi connectivity index (χ2n) is 16.9. The molecule has 0 aromatic heterocycles. The van der Waals surface area contributed by atoms with E-state index in [1.165, 1.54) is 0 Å². The summed E-state index contributed by atoms with van der Waals surface area (Å²) in [5.74, 6) is -2.24. The molecule has 6 amide bonds. The maximum absolute atomic E-state index is 13.5. The van der Waals surface area contributed by atoms with E-state index in [-0.39, 0.29) is 47.7 Å². The summed E-state index contributed by atoms with van der Waals surface area (Å²) < 4.78 is 0. The molecule has 15 heteroatoms. The van der Waals surface area contributed by atoms with Crippen LogP contribution < -0.4 is 15.1 Å². The van der Waals surface area contributed by atoms with Gasteiger partial charge in [-0.3, -0.25) is 43.9 Å². The van der Waals surface area contributed by atoms with Crippen molar-refractivity contribution in [3.05, 3.63) is 98.9 Å². The van der Waals surface area contributed by atoms with Crippen molar-refractivity contribution >= 4 is 64.1 Å². The van der Waals surface area contributed by atoms with Gasteiger partial charge in [-0.25, -0.2) is 4.85 Å². The quantitative estimate of drug-likeness (QED) is 0.282. The van der Waals surface area contributed by atoms with Crippen molar-refractivity contribution in [2.75, 3.05) is 62.2 Å². The molecule has 3 aromatic rings. The third kappa shape index (κ3) is 7.10. The molecular formula is C44H45ClN8O6. The number of fused-ring (bicyclic) bond motifs is 2. The molecule has 3 aromatic carbocycles. The van der Waals surface area contributed by atoms with Gasteiger partial charge in [-0.2, -0.15) is 0 Å². The van der Waals surface area contributed by atoms with E-state index in [1.54, 1.807) is 21.9 Å². The first-order valence-corrected chi connectivity index (χ1v) is 20.7. The molecule has 1 unspecified atom stereocenters. The highest BCUT2D eigenvalue weighted by Gasteiger charge is 2.46. The fourth-order valence-corrected chi connectivity index (χ4v) is 10.2. The van der Waals surface area contributed by atoms with Gasteiger partial charge in [0.1, 0.15) is 6.04 Å². The van der Waals surface area contributed by atoms with Crippen LogP contribution in [0.15, 0.2) is 54.6 Å². The Morgan fingerprint density at radius 2 is 1.47 bits per heavy atom. The highest BCUT2D eigenvalue weighted by molar-refractivity contribution is 6.33. The van der Waals surface area contributed by atoms with Gasteiger partial charge in [0, 0.05) is 93.3 Å². The van der Waals surface area contributed by atoms with Gasteiger partial charge in [-0.1, -0.05) is 17.7 Å². The van der Waals surface area contributed by atoms with Crippen molar-refractivity contribution in [2.45, 2.75) is 64.2 Å². The van der Waals surface area contributed by atoms with Crippen LogP contribution in [0.3, 0.4) is 0 Å². The first-order chi connectivity index (χ1) is 28.4. The zero-order chi connectivity index (χ0) is 41.2. The Kier molecular flexibility index (Phi) is 9.92. The van der Waals surface area contributed by atoms with Crippen LogP contribution in [0, 0.1) is 12.0 Å². The van der Waals surface area contributed by atoms with E-state index in [4.69, 9.17) is 18.2 Å². The van der Waals surface area contributed by atoms with Gasteiger partial charge in [-0.15, -0.1) is 0 Å². The number of rotatable bonds is 6. The molecule has 9 rings (SSSR count). The van der Waals surface area contributed by atoms with E-state index < -0.39 is 29.7 Å². The summed E-state index contributed by atoms with van der Waals surface area (Å²) in [4.78, 5) is 92.4. The second kappa shape index (κ2) is 15.1. The maximum Gasteiger partial charge on any atom is 0.262 e. The second-order valence-corrected chi connectivity index (χ2v) is 17.3. The fraction of sp³-hybridized carbons (Fsp3) is 0.432. The number of halogens is 1. The number of anilines is 2. The first kappa shape index (κ1) is 38.7. The molecule has 304 valence electrons. The molecule has 4 fully saturated rings. The molecule has 0 aliphatic carbocycles. The lowest BCUT2D eigenvalue weighted by molar-refractivity contribution is -0.136. The number of amides is 6. The average molecular weight is 817 g/mol. The number of benzene rings is 3. The summed E-state index contributed by atoms with van der Waals surface area (Å²) in [5, 5.41) is 2.71. The van der Waals surface area contributed by atoms with Gasteiger partial charge in [-0.05, 0) is 97.7 Å². The molecule has 6 aliphatic heterocycles.